The molecule has 0 aromatic heterocycles. The molecule has 2 heteroatoms. The second-order valence-corrected chi connectivity index (χ2v) is 2.10. The van der Waals surface area contributed by atoms with Gasteiger partial charge in [0.25, 0.3) is 0 Å². The van der Waals surface area contributed by atoms with E-state index in [9.17, 15) is 0 Å². The van der Waals surface area contributed by atoms with Crippen molar-refractivity contribution in [1.82, 2.24) is 0 Å². The van der Waals surface area contributed by atoms with E-state index < -0.39 is 0 Å². The minimum Gasteiger partial charge on any atom is -0.508 e. The summed E-state index contributed by atoms with van der Waals surface area (Å²) < 4.78 is 0. The lowest BCUT2D eigenvalue weighted by molar-refractivity contribution is 0.427. The second kappa shape index (κ2) is 2.05. The van der Waals surface area contributed by atoms with Crippen molar-refractivity contribution in [3.8, 4) is 0 Å². The van der Waals surface area contributed by atoms with Crippen LogP contribution in [0.3, 0.4) is 0 Å². The molecule has 0 aromatic carbocycles. The normalized spacial score (nSPS) is 19.0. The number of hydrogen-bond acceptors (Lipinski definition) is 2. The summed E-state index contributed by atoms with van der Waals surface area (Å²) in [6.07, 6.45) is 4.06. The van der Waals surface area contributed by atoms with E-state index in [0.717, 1.165) is 0 Å². The van der Waals surface area contributed by atoms with Gasteiger partial charge in [0.1, 0.15) is 5.76 Å². The van der Waals surface area contributed by atoms with Gasteiger partial charge in [0, 0.05) is 17.7 Å². The molecule has 1 aliphatic rings. The van der Waals surface area contributed by atoms with E-state index in [-0.39, 0.29) is 5.76 Å². The van der Waals surface area contributed by atoms with Crippen LogP contribution < -0.4 is 0 Å². The van der Waals surface area contributed by atoms with Gasteiger partial charge in [-0.1, -0.05) is 6.08 Å². The molecule has 0 aromatic rings. The highest BCUT2D eigenvalue weighted by molar-refractivity contribution is 5.99. The number of nitrogens with one attached hydrogen (secondary N) is 1. The highest BCUT2D eigenvalue weighted by atomic mass is 16.3. The Morgan fingerprint density at radius 2 is 2.33 bits per heavy atom. The van der Waals surface area contributed by atoms with E-state index in [1.165, 1.54) is 0 Å². The maximum absolute atomic E-state index is 9.00. The van der Waals surface area contributed by atoms with Crippen LogP contribution in [0.5, 0.6) is 0 Å². The summed E-state index contributed by atoms with van der Waals surface area (Å²) >= 11 is 0. The van der Waals surface area contributed by atoms with Gasteiger partial charge in [-0.05, 0) is 13.0 Å². The fourth-order valence-corrected chi connectivity index (χ4v) is 0.721. The Labute approximate surface area is 54.0 Å². The van der Waals surface area contributed by atoms with Crippen LogP contribution in [0.2, 0.25) is 0 Å². The van der Waals surface area contributed by atoms with Gasteiger partial charge in [-0.25, -0.2) is 0 Å². The summed E-state index contributed by atoms with van der Waals surface area (Å²) in [6.45, 7) is 1.75. The number of aliphatic hydroxyl groups excluding tert-OH is 1. The van der Waals surface area contributed by atoms with Gasteiger partial charge in [0.05, 0.1) is 0 Å². The molecule has 0 bridgehead atoms. The summed E-state index contributed by atoms with van der Waals surface area (Å²) in [6, 6.07) is 0. The van der Waals surface area contributed by atoms with Gasteiger partial charge in [-0.3, -0.25) is 0 Å². The van der Waals surface area contributed by atoms with Gasteiger partial charge in [0.2, 0.25) is 0 Å². The van der Waals surface area contributed by atoms with Gasteiger partial charge < -0.3 is 10.5 Å². The predicted molar refractivity (Wildman–Crippen MR) is 36.8 cm³/mol. The largest absolute Gasteiger partial charge is 0.508 e. The molecule has 1 aliphatic carbocycles. The third kappa shape index (κ3) is 1.02. The number of rotatable bonds is 0. The molecule has 2 nitrogen and oxygen atoms in total. The summed E-state index contributed by atoms with van der Waals surface area (Å²) in [7, 11) is 0. The van der Waals surface area contributed by atoms with Crippen molar-refractivity contribution in [2.24, 2.45) is 0 Å². The van der Waals surface area contributed by atoms with E-state index in [4.69, 9.17) is 10.5 Å². The summed E-state index contributed by atoms with van der Waals surface area (Å²) in [4.78, 5) is 0. The lowest BCUT2D eigenvalue weighted by atomic mass is 10.0. The first kappa shape index (κ1) is 6.08. The van der Waals surface area contributed by atoms with Crippen molar-refractivity contribution < 1.29 is 5.11 Å². The highest BCUT2D eigenvalue weighted by Gasteiger charge is 2.06. The van der Waals surface area contributed by atoms with Crippen molar-refractivity contribution in [3.63, 3.8) is 0 Å². The third-order valence-electron chi connectivity index (χ3n) is 1.43. The zero-order chi connectivity index (χ0) is 6.85. The van der Waals surface area contributed by atoms with Gasteiger partial charge >= 0.3 is 0 Å². The molecule has 0 atom stereocenters. The zero-order valence-electron chi connectivity index (χ0n) is 5.31. The smallest absolute Gasteiger partial charge is 0.119 e. The van der Waals surface area contributed by atoms with Crippen molar-refractivity contribution in [2.75, 3.05) is 0 Å². The number of allylic oxidation sites excluding steroid dienone is 3. The van der Waals surface area contributed by atoms with E-state index in [1.54, 1.807) is 19.1 Å². The van der Waals surface area contributed by atoms with Crippen LogP contribution in [-0.4, -0.2) is 10.8 Å². The molecule has 0 amide bonds. The first-order chi connectivity index (χ1) is 4.22. The van der Waals surface area contributed by atoms with Gasteiger partial charge in [-0.2, -0.15) is 0 Å². The molecule has 48 valence electrons. The Hall–Kier alpha value is -1.05. The van der Waals surface area contributed by atoms with E-state index >= 15 is 0 Å². The molecule has 1 rings (SSSR count). The molecular weight excluding hydrogens is 114 g/mol. The Bertz CT molecular complexity index is 201. The zero-order valence-corrected chi connectivity index (χ0v) is 5.31. The molecule has 0 saturated heterocycles. The maximum atomic E-state index is 9.00. The summed E-state index contributed by atoms with van der Waals surface area (Å²) in [5, 5.41) is 16.3. The maximum Gasteiger partial charge on any atom is 0.119 e. The molecule has 0 saturated carbocycles. The van der Waals surface area contributed by atoms with Crippen molar-refractivity contribution in [2.45, 2.75) is 13.3 Å². The fraction of sp³-hybridized carbons (Fsp3) is 0.286. The average molecular weight is 123 g/mol. The van der Waals surface area contributed by atoms with Crippen LogP contribution in [-0.2, 0) is 0 Å². The first-order valence-electron chi connectivity index (χ1n) is 2.86. The second-order valence-electron chi connectivity index (χ2n) is 2.10. The molecule has 9 heavy (non-hydrogen) atoms. The highest BCUT2D eigenvalue weighted by Crippen LogP contribution is 2.11. The topological polar surface area (TPSA) is 44.1 Å². The SMILES string of the molecule is CC1=C(O)C=CCC1=N. The van der Waals surface area contributed by atoms with Crippen LogP contribution in [0.1, 0.15) is 13.3 Å². The molecule has 0 aliphatic heterocycles. The van der Waals surface area contributed by atoms with Crippen LogP contribution in [0.15, 0.2) is 23.5 Å². The molecule has 0 heterocycles. The van der Waals surface area contributed by atoms with Crippen LogP contribution in [0, 0.1) is 5.41 Å². The minimum absolute atomic E-state index is 0.228. The van der Waals surface area contributed by atoms with Gasteiger partial charge in [-0.15, -0.1) is 0 Å². The van der Waals surface area contributed by atoms with Crippen molar-refractivity contribution in [1.29, 1.82) is 5.41 Å². The molecule has 0 radical (unpaired) electrons. The molecular formula is C7H9NO. The molecule has 0 unspecified atom stereocenters. The molecule has 2 N–H and O–H groups in total. The van der Waals surface area contributed by atoms with Crippen LogP contribution >= 0.6 is 0 Å². The Morgan fingerprint density at radius 3 is 2.78 bits per heavy atom. The Kier molecular flexibility index (Phi) is 1.39. The lowest BCUT2D eigenvalue weighted by Gasteiger charge is -2.06. The van der Waals surface area contributed by atoms with Gasteiger partial charge in [0.15, 0.2) is 0 Å². The van der Waals surface area contributed by atoms with E-state index in [2.05, 4.69) is 0 Å². The van der Waals surface area contributed by atoms with Crippen LogP contribution in [0.4, 0.5) is 0 Å². The quantitative estimate of drug-likeness (QED) is 0.506. The summed E-state index contributed by atoms with van der Waals surface area (Å²) in [5.74, 6) is 0.228. The average Bonchev–Trinajstić information content (AvgIpc) is 1.83. The van der Waals surface area contributed by atoms with E-state index in [1.807, 2.05) is 0 Å². The van der Waals surface area contributed by atoms with Crippen molar-refractivity contribution in [3.05, 3.63) is 23.5 Å². The minimum atomic E-state index is 0.228. The fourth-order valence-electron chi connectivity index (χ4n) is 0.721. The monoisotopic (exact) mass is 123 g/mol. The summed E-state index contributed by atoms with van der Waals surface area (Å²) in [5.41, 5.74) is 1.20. The Balaban J connectivity index is 2.97. The van der Waals surface area contributed by atoms with E-state index in [0.29, 0.717) is 17.7 Å². The number of aliphatic hydroxyl groups is 1. The van der Waals surface area contributed by atoms with Crippen LogP contribution in [0.25, 0.3) is 0 Å². The third-order valence-corrected chi connectivity index (χ3v) is 1.43. The molecule has 0 spiro atoms. The Morgan fingerprint density at radius 1 is 1.67 bits per heavy atom. The predicted octanol–water partition coefficient (Wildman–Crippen LogP) is 1.80. The van der Waals surface area contributed by atoms with Crippen molar-refractivity contribution >= 4 is 5.71 Å². The molecule has 0 fully saturated rings. The standard InChI is InChI=1S/C7H9NO/c1-5-6(8)3-2-4-7(5)9/h2,4,8-9H,3H2,1H3. The lowest BCUT2D eigenvalue weighted by Crippen LogP contribution is -2.03. The first-order valence-corrected chi connectivity index (χ1v) is 2.86. The number of hydrogen-bond donors (Lipinski definition) is 2.